The fraction of sp³-hybridized carbons (Fsp3) is 0.611. The molecule has 0 heterocycles. The van der Waals surface area contributed by atoms with E-state index in [1.807, 2.05) is 0 Å². The Balaban J connectivity index is 1.60. The Kier molecular flexibility index (Phi) is 4.79. The molecule has 0 saturated heterocycles. The lowest BCUT2D eigenvalue weighted by Gasteiger charge is -2.33. The average Bonchev–Trinajstić information content (AvgIpc) is 2.50. The second-order valence-corrected chi connectivity index (χ2v) is 7.04. The van der Waals surface area contributed by atoms with Crippen LogP contribution in [-0.4, -0.2) is 11.2 Å². The molecular formula is C18H26N2S. The van der Waals surface area contributed by atoms with Gasteiger partial charge < -0.3 is 10.6 Å². The Morgan fingerprint density at radius 1 is 1.05 bits per heavy atom. The van der Waals surface area contributed by atoms with Crippen LogP contribution in [0.4, 0.5) is 0 Å². The Morgan fingerprint density at radius 3 is 2.71 bits per heavy atom. The SMILES string of the molecule is C[C@@H]1CCCC[C@H]1NC(=S)N[C@@H]1CCCc2ccccc21. The van der Waals surface area contributed by atoms with Crippen LogP contribution in [0.3, 0.4) is 0 Å². The predicted molar refractivity (Wildman–Crippen MR) is 92.4 cm³/mol. The first kappa shape index (κ1) is 14.8. The van der Waals surface area contributed by atoms with Gasteiger partial charge in [-0.2, -0.15) is 0 Å². The number of fused-ring (bicyclic) bond motifs is 1. The Hall–Kier alpha value is -1.09. The minimum atomic E-state index is 0.383. The lowest BCUT2D eigenvalue weighted by Crippen LogP contribution is -2.47. The Morgan fingerprint density at radius 2 is 1.86 bits per heavy atom. The minimum absolute atomic E-state index is 0.383. The van der Waals surface area contributed by atoms with Gasteiger partial charge >= 0.3 is 0 Å². The van der Waals surface area contributed by atoms with E-state index in [0.717, 1.165) is 11.0 Å². The van der Waals surface area contributed by atoms with Crippen molar-refractivity contribution in [3.63, 3.8) is 0 Å². The van der Waals surface area contributed by atoms with Gasteiger partial charge in [0.15, 0.2) is 5.11 Å². The molecule has 3 rings (SSSR count). The van der Waals surface area contributed by atoms with Crippen LogP contribution in [0.1, 0.15) is 62.6 Å². The van der Waals surface area contributed by atoms with Crippen molar-refractivity contribution in [3.8, 4) is 0 Å². The third kappa shape index (κ3) is 3.57. The molecule has 3 heteroatoms. The van der Waals surface area contributed by atoms with Gasteiger partial charge in [-0.25, -0.2) is 0 Å². The van der Waals surface area contributed by atoms with Gasteiger partial charge in [-0.15, -0.1) is 0 Å². The molecule has 2 aliphatic carbocycles. The van der Waals surface area contributed by atoms with Crippen molar-refractivity contribution in [1.82, 2.24) is 10.6 Å². The van der Waals surface area contributed by atoms with Gasteiger partial charge in [0.1, 0.15) is 0 Å². The van der Waals surface area contributed by atoms with Crippen molar-refractivity contribution in [2.45, 2.75) is 64.0 Å². The maximum Gasteiger partial charge on any atom is 0.167 e. The molecule has 2 aliphatic rings. The van der Waals surface area contributed by atoms with Gasteiger partial charge in [-0.05, 0) is 61.4 Å². The van der Waals surface area contributed by atoms with Crippen LogP contribution >= 0.6 is 12.2 Å². The number of thiocarbonyl (C=S) groups is 1. The molecule has 2 N–H and O–H groups in total. The van der Waals surface area contributed by atoms with E-state index in [-0.39, 0.29) is 0 Å². The van der Waals surface area contributed by atoms with Crippen molar-refractivity contribution in [2.24, 2.45) is 5.92 Å². The number of hydrogen-bond donors (Lipinski definition) is 2. The highest BCUT2D eigenvalue weighted by atomic mass is 32.1. The third-order valence-corrected chi connectivity index (χ3v) is 5.34. The monoisotopic (exact) mass is 302 g/mol. The number of aryl methyl sites for hydroxylation is 1. The Bertz CT molecular complexity index is 500. The van der Waals surface area contributed by atoms with Gasteiger partial charge in [-0.3, -0.25) is 0 Å². The summed E-state index contributed by atoms with van der Waals surface area (Å²) in [5, 5.41) is 7.97. The smallest absolute Gasteiger partial charge is 0.167 e. The fourth-order valence-corrected chi connectivity index (χ4v) is 4.10. The maximum absolute atomic E-state index is 5.58. The first-order valence-corrected chi connectivity index (χ1v) is 8.79. The van der Waals surface area contributed by atoms with Crippen LogP contribution in [0.15, 0.2) is 24.3 Å². The minimum Gasteiger partial charge on any atom is -0.360 e. The van der Waals surface area contributed by atoms with Crippen LogP contribution in [0.5, 0.6) is 0 Å². The van der Waals surface area contributed by atoms with Gasteiger partial charge in [0, 0.05) is 6.04 Å². The summed E-state index contributed by atoms with van der Waals surface area (Å²) < 4.78 is 0. The molecule has 0 amide bonds. The second-order valence-electron chi connectivity index (χ2n) is 6.63. The highest BCUT2D eigenvalue weighted by molar-refractivity contribution is 7.80. The zero-order valence-electron chi connectivity index (χ0n) is 12.9. The van der Waals surface area contributed by atoms with E-state index in [1.165, 1.54) is 56.1 Å². The topological polar surface area (TPSA) is 24.1 Å². The van der Waals surface area contributed by atoms with Crippen LogP contribution in [0, 0.1) is 5.92 Å². The van der Waals surface area contributed by atoms with E-state index in [9.17, 15) is 0 Å². The Labute approximate surface area is 133 Å². The molecule has 1 aromatic carbocycles. The normalized spacial score (nSPS) is 28.5. The summed E-state index contributed by atoms with van der Waals surface area (Å²) in [6.45, 7) is 2.34. The zero-order valence-corrected chi connectivity index (χ0v) is 13.7. The quantitative estimate of drug-likeness (QED) is 0.804. The van der Waals surface area contributed by atoms with Crippen molar-refractivity contribution in [3.05, 3.63) is 35.4 Å². The molecule has 0 aliphatic heterocycles. The van der Waals surface area contributed by atoms with Gasteiger partial charge in [-0.1, -0.05) is 44.0 Å². The molecular weight excluding hydrogens is 276 g/mol. The summed E-state index contributed by atoms with van der Waals surface area (Å²) in [5.41, 5.74) is 2.92. The van der Waals surface area contributed by atoms with E-state index in [4.69, 9.17) is 12.2 Å². The molecule has 1 aromatic rings. The maximum atomic E-state index is 5.58. The molecule has 0 unspecified atom stereocenters. The van der Waals surface area contributed by atoms with E-state index < -0.39 is 0 Å². The second kappa shape index (κ2) is 6.78. The van der Waals surface area contributed by atoms with E-state index >= 15 is 0 Å². The predicted octanol–water partition coefficient (Wildman–Crippen LogP) is 4.11. The van der Waals surface area contributed by atoms with Crippen LogP contribution in [0.25, 0.3) is 0 Å². The number of rotatable bonds is 2. The highest BCUT2D eigenvalue weighted by Gasteiger charge is 2.24. The summed E-state index contributed by atoms with van der Waals surface area (Å²) in [6.07, 6.45) is 8.91. The summed E-state index contributed by atoms with van der Waals surface area (Å²) in [5.74, 6) is 0.733. The van der Waals surface area contributed by atoms with E-state index in [0.29, 0.717) is 12.1 Å². The fourth-order valence-electron chi connectivity index (χ4n) is 3.80. The van der Waals surface area contributed by atoms with E-state index in [1.54, 1.807) is 0 Å². The standard InChI is InChI=1S/C18H26N2S/c1-13-7-2-5-11-16(13)19-18(21)20-17-12-6-9-14-8-3-4-10-15(14)17/h3-4,8,10,13,16-17H,2,5-7,9,11-12H2,1H3,(H2,19,20,21)/t13-,16-,17-/m1/s1. The molecule has 21 heavy (non-hydrogen) atoms. The van der Waals surface area contributed by atoms with Gasteiger partial charge in [0.05, 0.1) is 6.04 Å². The van der Waals surface area contributed by atoms with Crippen molar-refractivity contribution < 1.29 is 0 Å². The lowest BCUT2D eigenvalue weighted by atomic mass is 9.86. The van der Waals surface area contributed by atoms with Gasteiger partial charge in [0.2, 0.25) is 0 Å². The first-order valence-electron chi connectivity index (χ1n) is 8.39. The molecule has 0 spiro atoms. The van der Waals surface area contributed by atoms with Crippen LogP contribution in [-0.2, 0) is 6.42 Å². The number of hydrogen-bond acceptors (Lipinski definition) is 1. The largest absolute Gasteiger partial charge is 0.360 e. The van der Waals surface area contributed by atoms with Crippen molar-refractivity contribution >= 4 is 17.3 Å². The summed E-state index contributed by atoms with van der Waals surface area (Å²) in [4.78, 5) is 0. The molecule has 0 radical (unpaired) electrons. The van der Waals surface area contributed by atoms with Crippen molar-refractivity contribution in [1.29, 1.82) is 0 Å². The van der Waals surface area contributed by atoms with E-state index in [2.05, 4.69) is 41.8 Å². The molecule has 0 aromatic heterocycles. The molecule has 2 nitrogen and oxygen atoms in total. The van der Waals surface area contributed by atoms with Crippen molar-refractivity contribution in [2.75, 3.05) is 0 Å². The molecule has 1 saturated carbocycles. The average molecular weight is 302 g/mol. The molecule has 3 atom stereocenters. The number of nitrogens with one attached hydrogen (secondary N) is 2. The van der Waals surface area contributed by atoms with Crippen LogP contribution in [0.2, 0.25) is 0 Å². The zero-order chi connectivity index (χ0) is 14.7. The summed E-state index contributed by atoms with van der Waals surface area (Å²) in [6, 6.07) is 9.72. The summed E-state index contributed by atoms with van der Waals surface area (Å²) in [7, 11) is 0. The number of benzene rings is 1. The molecule has 0 bridgehead atoms. The highest BCUT2D eigenvalue weighted by Crippen LogP contribution is 2.29. The van der Waals surface area contributed by atoms with Gasteiger partial charge in [0.25, 0.3) is 0 Å². The molecule has 114 valence electrons. The summed E-state index contributed by atoms with van der Waals surface area (Å²) >= 11 is 5.58. The lowest BCUT2D eigenvalue weighted by molar-refractivity contribution is 0.307. The van der Waals surface area contributed by atoms with Crippen LogP contribution < -0.4 is 10.6 Å². The first-order chi connectivity index (χ1) is 10.2. The molecule has 1 fully saturated rings. The third-order valence-electron chi connectivity index (χ3n) is 5.10.